The SMILES string of the molecule is O=C(NC1CCCC1)OI. The van der Waals surface area contributed by atoms with Gasteiger partial charge in [-0.1, -0.05) is 12.8 Å². The highest BCUT2D eigenvalue weighted by atomic mass is 127. The molecule has 0 bridgehead atoms. The van der Waals surface area contributed by atoms with Gasteiger partial charge in [0.15, 0.2) is 23.0 Å². The molecule has 1 saturated carbocycles. The van der Waals surface area contributed by atoms with Crippen molar-refractivity contribution < 1.29 is 7.86 Å². The molecule has 1 aliphatic rings. The lowest BCUT2D eigenvalue weighted by Gasteiger charge is -2.08. The molecule has 0 aliphatic heterocycles. The van der Waals surface area contributed by atoms with Gasteiger partial charge in [0.25, 0.3) is 0 Å². The van der Waals surface area contributed by atoms with Crippen molar-refractivity contribution in [1.29, 1.82) is 0 Å². The van der Waals surface area contributed by atoms with E-state index in [1.54, 1.807) is 23.0 Å². The Balaban J connectivity index is 2.17. The summed E-state index contributed by atoms with van der Waals surface area (Å²) in [6.07, 6.45) is 4.35. The molecule has 0 unspecified atom stereocenters. The van der Waals surface area contributed by atoms with Crippen LogP contribution in [0.2, 0.25) is 0 Å². The summed E-state index contributed by atoms with van der Waals surface area (Å²) in [6.45, 7) is 0. The number of carbonyl (C=O) groups is 1. The summed E-state index contributed by atoms with van der Waals surface area (Å²) >= 11 is 1.59. The minimum absolute atomic E-state index is 0.312. The Hall–Kier alpha value is 0. The molecule has 4 heteroatoms. The Labute approximate surface area is 74.2 Å². The fourth-order valence-electron chi connectivity index (χ4n) is 1.26. The van der Waals surface area contributed by atoms with Crippen LogP contribution in [0.1, 0.15) is 25.7 Å². The zero-order chi connectivity index (χ0) is 7.40. The minimum atomic E-state index is -0.312. The van der Waals surface area contributed by atoms with Gasteiger partial charge in [-0.05, 0) is 12.8 Å². The third-order valence-electron chi connectivity index (χ3n) is 1.75. The first-order chi connectivity index (χ1) is 4.83. The highest BCUT2D eigenvalue weighted by Gasteiger charge is 2.16. The molecule has 1 amide bonds. The molecule has 10 heavy (non-hydrogen) atoms. The van der Waals surface area contributed by atoms with Crippen molar-refractivity contribution in [3.8, 4) is 0 Å². The van der Waals surface area contributed by atoms with Gasteiger partial charge in [-0.3, -0.25) is 0 Å². The number of carbonyl (C=O) groups excluding carboxylic acids is 1. The smallest absolute Gasteiger partial charge is 0.378 e. The molecule has 0 radical (unpaired) electrons. The maximum atomic E-state index is 10.6. The first kappa shape index (κ1) is 8.10. The van der Waals surface area contributed by atoms with Gasteiger partial charge in [-0.2, -0.15) is 0 Å². The molecule has 1 aliphatic carbocycles. The van der Waals surface area contributed by atoms with Crippen LogP contribution in [-0.4, -0.2) is 12.1 Å². The topological polar surface area (TPSA) is 38.3 Å². The average molecular weight is 255 g/mol. The summed E-state index contributed by atoms with van der Waals surface area (Å²) in [5.41, 5.74) is 0. The minimum Gasteiger partial charge on any atom is -0.378 e. The molecular formula is C6H10INO2. The van der Waals surface area contributed by atoms with Crippen LogP contribution in [0.25, 0.3) is 0 Å². The molecule has 0 spiro atoms. The summed E-state index contributed by atoms with van der Waals surface area (Å²) in [4.78, 5) is 10.6. The number of amides is 1. The highest BCUT2D eigenvalue weighted by molar-refractivity contribution is 14.1. The van der Waals surface area contributed by atoms with Crippen LogP contribution in [0.5, 0.6) is 0 Å². The standard InChI is InChI=1S/C6H10INO2/c7-10-6(9)8-5-3-1-2-4-5/h5H,1-4H2,(H,8,9). The summed E-state index contributed by atoms with van der Waals surface area (Å²) in [7, 11) is 0. The fourth-order valence-corrected chi connectivity index (χ4v) is 1.39. The van der Waals surface area contributed by atoms with Crippen LogP contribution in [0.3, 0.4) is 0 Å². The quantitative estimate of drug-likeness (QED) is 0.728. The van der Waals surface area contributed by atoms with Gasteiger partial charge in [0.1, 0.15) is 0 Å². The third-order valence-corrected chi connectivity index (χ3v) is 2.15. The van der Waals surface area contributed by atoms with Crippen molar-refractivity contribution in [2.75, 3.05) is 0 Å². The summed E-state index contributed by atoms with van der Waals surface area (Å²) in [6, 6.07) is 0.363. The van der Waals surface area contributed by atoms with Gasteiger partial charge in [0, 0.05) is 6.04 Å². The van der Waals surface area contributed by atoms with E-state index in [0.717, 1.165) is 12.8 Å². The lowest BCUT2D eigenvalue weighted by molar-refractivity contribution is 0.210. The Kier molecular flexibility index (Phi) is 3.24. The van der Waals surface area contributed by atoms with Crippen LogP contribution in [0, 0.1) is 0 Å². The zero-order valence-electron chi connectivity index (χ0n) is 5.60. The van der Waals surface area contributed by atoms with E-state index in [9.17, 15) is 4.79 Å². The lowest BCUT2D eigenvalue weighted by atomic mass is 10.3. The monoisotopic (exact) mass is 255 g/mol. The van der Waals surface area contributed by atoms with Crippen molar-refractivity contribution >= 4 is 29.1 Å². The van der Waals surface area contributed by atoms with E-state index in [0.29, 0.717) is 6.04 Å². The molecule has 0 heterocycles. The van der Waals surface area contributed by atoms with Gasteiger partial charge in [0.05, 0.1) is 0 Å². The number of hydrogen-bond donors (Lipinski definition) is 1. The van der Waals surface area contributed by atoms with Crippen LogP contribution in [0.15, 0.2) is 0 Å². The largest absolute Gasteiger partial charge is 0.416 e. The first-order valence-corrected chi connectivity index (χ1v) is 4.30. The lowest BCUT2D eigenvalue weighted by Crippen LogP contribution is -2.31. The van der Waals surface area contributed by atoms with Crippen LogP contribution >= 0.6 is 23.0 Å². The Morgan fingerprint density at radius 2 is 2.10 bits per heavy atom. The second kappa shape index (κ2) is 4.00. The molecule has 0 saturated heterocycles. The maximum Gasteiger partial charge on any atom is 0.416 e. The van der Waals surface area contributed by atoms with E-state index in [1.807, 2.05) is 0 Å². The van der Waals surface area contributed by atoms with E-state index >= 15 is 0 Å². The molecular weight excluding hydrogens is 245 g/mol. The molecule has 0 aromatic carbocycles. The fraction of sp³-hybridized carbons (Fsp3) is 0.833. The maximum absolute atomic E-state index is 10.6. The molecule has 0 aromatic heterocycles. The predicted octanol–water partition coefficient (Wildman–Crippen LogP) is 2.01. The van der Waals surface area contributed by atoms with E-state index in [1.165, 1.54) is 12.8 Å². The van der Waals surface area contributed by atoms with Crippen molar-refractivity contribution in [2.45, 2.75) is 31.7 Å². The van der Waals surface area contributed by atoms with E-state index < -0.39 is 0 Å². The average Bonchev–Trinajstić information content (AvgIpc) is 2.40. The first-order valence-electron chi connectivity index (χ1n) is 3.42. The molecule has 1 fully saturated rings. The number of nitrogens with one attached hydrogen (secondary N) is 1. The van der Waals surface area contributed by atoms with Gasteiger partial charge in [-0.25, -0.2) is 4.79 Å². The molecule has 0 atom stereocenters. The van der Waals surface area contributed by atoms with E-state index in [4.69, 9.17) is 0 Å². The number of rotatable bonds is 1. The molecule has 58 valence electrons. The van der Waals surface area contributed by atoms with Gasteiger partial charge < -0.3 is 8.38 Å². The van der Waals surface area contributed by atoms with Crippen molar-refractivity contribution in [1.82, 2.24) is 5.32 Å². The summed E-state index contributed by atoms with van der Waals surface area (Å²) in [5.74, 6) is 0. The highest BCUT2D eigenvalue weighted by Crippen LogP contribution is 2.17. The molecule has 1 rings (SSSR count). The molecule has 0 aromatic rings. The molecule has 1 N–H and O–H groups in total. The predicted molar refractivity (Wildman–Crippen MR) is 45.9 cm³/mol. The summed E-state index contributed by atoms with van der Waals surface area (Å²) in [5, 5.41) is 2.76. The van der Waals surface area contributed by atoms with Gasteiger partial charge in [0.2, 0.25) is 0 Å². The molecule has 3 nitrogen and oxygen atoms in total. The van der Waals surface area contributed by atoms with Crippen LogP contribution < -0.4 is 5.32 Å². The van der Waals surface area contributed by atoms with Gasteiger partial charge >= 0.3 is 6.09 Å². The normalized spacial score (nSPS) is 18.9. The third kappa shape index (κ3) is 2.32. The Morgan fingerprint density at radius 3 is 2.60 bits per heavy atom. The van der Waals surface area contributed by atoms with E-state index in [-0.39, 0.29) is 6.09 Å². The van der Waals surface area contributed by atoms with Crippen LogP contribution in [0.4, 0.5) is 4.79 Å². The van der Waals surface area contributed by atoms with E-state index in [2.05, 4.69) is 8.38 Å². The Morgan fingerprint density at radius 1 is 1.50 bits per heavy atom. The Bertz CT molecular complexity index is 123. The van der Waals surface area contributed by atoms with Crippen molar-refractivity contribution in [2.24, 2.45) is 0 Å². The second-order valence-electron chi connectivity index (χ2n) is 2.49. The zero-order valence-corrected chi connectivity index (χ0v) is 7.76. The van der Waals surface area contributed by atoms with Gasteiger partial charge in [-0.15, -0.1) is 0 Å². The van der Waals surface area contributed by atoms with Crippen LogP contribution in [-0.2, 0) is 3.07 Å². The number of hydrogen-bond acceptors (Lipinski definition) is 2. The number of halogens is 1. The van der Waals surface area contributed by atoms with Crippen molar-refractivity contribution in [3.63, 3.8) is 0 Å². The van der Waals surface area contributed by atoms with Crippen molar-refractivity contribution in [3.05, 3.63) is 0 Å². The second-order valence-corrected chi connectivity index (χ2v) is 2.93. The summed E-state index contributed by atoms with van der Waals surface area (Å²) < 4.78 is 4.43.